The summed E-state index contributed by atoms with van der Waals surface area (Å²) < 4.78 is 8.07. The van der Waals surface area contributed by atoms with E-state index in [0.29, 0.717) is 0 Å². The SMILES string of the molecule is Brc1ccc(Nc2nc(-c3ccc(-c4ccc(Br)cc4)o3)cs2)cc1. The van der Waals surface area contributed by atoms with Crippen LogP contribution in [-0.4, -0.2) is 4.98 Å². The number of benzene rings is 2. The van der Waals surface area contributed by atoms with E-state index in [-0.39, 0.29) is 0 Å². The smallest absolute Gasteiger partial charge is 0.187 e. The summed E-state index contributed by atoms with van der Waals surface area (Å²) in [5.41, 5.74) is 2.87. The number of halogens is 2. The number of nitrogens with one attached hydrogen (secondary N) is 1. The Hall–Kier alpha value is -1.89. The third kappa shape index (κ3) is 3.86. The molecule has 1 N–H and O–H groups in total. The third-order valence-electron chi connectivity index (χ3n) is 3.59. The molecule has 0 saturated heterocycles. The maximum absolute atomic E-state index is 5.97. The van der Waals surface area contributed by atoms with Gasteiger partial charge in [0.1, 0.15) is 11.5 Å². The van der Waals surface area contributed by atoms with Crippen LogP contribution >= 0.6 is 43.2 Å². The maximum Gasteiger partial charge on any atom is 0.187 e. The molecule has 0 unspecified atom stereocenters. The van der Waals surface area contributed by atoms with Gasteiger partial charge in [-0.2, -0.15) is 0 Å². The molecule has 4 rings (SSSR count). The molecule has 0 saturated carbocycles. The summed E-state index contributed by atoms with van der Waals surface area (Å²) in [6.07, 6.45) is 0. The lowest BCUT2D eigenvalue weighted by molar-refractivity contribution is 0.595. The van der Waals surface area contributed by atoms with E-state index in [2.05, 4.69) is 42.2 Å². The number of anilines is 2. The Morgan fingerprint density at radius 1 is 0.800 bits per heavy atom. The van der Waals surface area contributed by atoms with Crippen LogP contribution in [0.4, 0.5) is 10.8 Å². The number of rotatable bonds is 4. The molecule has 0 spiro atoms. The van der Waals surface area contributed by atoms with E-state index in [1.54, 1.807) is 11.3 Å². The van der Waals surface area contributed by atoms with Gasteiger partial charge < -0.3 is 9.73 Å². The Bertz CT molecular complexity index is 991. The van der Waals surface area contributed by atoms with E-state index in [1.165, 1.54) is 0 Å². The molecule has 2 heterocycles. The summed E-state index contributed by atoms with van der Waals surface area (Å²) in [7, 11) is 0. The molecular weight excluding hydrogens is 464 g/mol. The van der Waals surface area contributed by atoms with Gasteiger partial charge in [0.15, 0.2) is 10.9 Å². The van der Waals surface area contributed by atoms with Crippen molar-refractivity contribution in [2.45, 2.75) is 0 Å². The number of hydrogen-bond acceptors (Lipinski definition) is 4. The zero-order valence-electron chi connectivity index (χ0n) is 12.9. The fourth-order valence-electron chi connectivity index (χ4n) is 2.35. The zero-order chi connectivity index (χ0) is 17.2. The van der Waals surface area contributed by atoms with Crippen LogP contribution in [0.3, 0.4) is 0 Å². The summed E-state index contributed by atoms with van der Waals surface area (Å²) >= 11 is 8.43. The largest absolute Gasteiger partial charge is 0.454 e. The highest BCUT2D eigenvalue weighted by Gasteiger charge is 2.10. The van der Waals surface area contributed by atoms with Crippen molar-refractivity contribution in [1.82, 2.24) is 4.98 Å². The van der Waals surface area contributed by atoms with Gasteiger partial charge in [-0.3, -0.25) is 0 Å². The lowest BCUT2D eigenvalue weighted by Crippen LogP contribution is -1.88. The van der Waals surface area contributed by atoms with E-state index in [0.717, 1.165) is 42.5 Å². The second-order valence-electron chi connectivity index (χ2n) is 5.34. The van der Waals surface area contributed by atoms with Crippen LogP contribution in [0.2, 0.25) is 0 Å². The van der Waals surface area contributed by atoms with Crippen LogP contribution in [0.1, 0.15) is 0 Å². The lowest BCUT2D eigenvalue weighted by atomic mass is 10.2. The molecule has 0 aliphatic carbocycles. The predicted molar refractivity (Wildman–Crippen MR) is 110 cm³/mol. The number of hydrogen-bond donors (Lipinski definition) is 1. The topological polar surface area (TPSA) is 38.1 Å². The van der Waals surface area contributed by atoms with Crippen molar-refractivity contribution >= 4 is 54.0 Å². The molecule has 124 valence electrons. The van der Waals surface area contributed by atoms with Gasteiger partial charge in [-0.25, -0.2) is 4.98 Å². The number of furan rings is 1. The quantitative estimate of drug-likeness (QED) is 0.335. The maximum atomic E-state index is 5.97. The zero-order valence-corrected chi connectivity index (χ0v) is 16.9. The van der Waals surface area contributed by atoms with Gasteiger partial charge in [-0.05, 0) is 48.5 Å². The highest BCUT2D eigenvalue weighted by atomic mass is 79.9. The van der Waals surface area contributed by atoms with Crippen LogP contribution in [-0.2, 0) is 0 Å². The summed E-state index contributed by atoms with van der Waals surface area (Å²) in [6.45, 7) is 0. The van der Waals surface area contributed by atoms with Crippen molar-refractivity contribution in [2.75, 3.05) is 5.32 Å². The first-order valence-corrected chi connectivity index (χ1v) is 9.98. The Morgan fingerprint density at radius 3 is 2.16 bits per heavy atom. The Kier molecular flexibility index (Phi) is 4.74. The van der Waals surface area contributed by atoms with E-state index < -0.39 is 0 Å². The minimum Gasteiger partial charge on any atom is -0.454 e. The first kappa shape index (κ1) is 16.6. The average molecular weight is 476 g/mol. The molecule has 2 aromatic carbocycles. The van der Waals surface area contributed by atoms with E-state index in [1.807, 2.05) is 66.0 Å². The number of aromatic nitrogens is 1. The lowest BCUT2D eigenvalue weighted by Gasteiger charge is -2.01. The molecule has 0 amide bonds. The second kappa shape index (κ2) is 7.15. The fourth-order valence-corrected chi connectivity index (χ4v) is 3.59. The van der Waals surface area contributed by atoms with Crippen molar-refractivity contribution in [2.24, 2.45) is 0 Å². The first-order valence-electron chi connectivity index (χ1n) is 7.52. The molecule has 25 heavy (non-hydrogen) atoms. The minimum absolute atomic E-state index is 0.762. The monoisotopic (exact) mass is 474 g/mol. The third-order valence-corrected chi connectivity index (χ3v) is 5.40. The molecule has 0 aliphatic rings. The van der Waals surface area contributed by atoms with E-state index in [4.69, 9.17) is 4.42 Å². The summed E-state index contributed by atoms with van der Waals surface area (Å²) in [5, 5.41) is 6.13. The Balaban J connectivity index is 1.54. The van der Waals surface area contributed by atoms with Gasteiger partial charge in [-0.1, -0.05) is 44.0 Å². The molecule has 3 nitrogen and oxygen atoms in total. The average Bonchev–Trinajstić information content (AvgIpc) is 3.27. The first-order chi connectivity index (χ1) is 12.2. The predicted octanol–water partition coefficient (Wildman–Crippen LogP) is 7.34. The molecule has 4 aromatic rings. The number of thiazole rings is 1. The standard InChI is InChI=1S/C19H12Br2N2OS/c20-13-3-1-12(2-4-13)17-9-10-18(24-17)16-11-25-19(23-16)22-15-7-5-14(21)6-8-15/h1-11H,(H,22,23). The molecule has 0 aliphatic heterocycles. The summed E-state index contributed by atoms with van der Waals surface area (Å²) in [4.78, 5) is 4.61. The van der Waals surface area contributed by atoms with Gasteiger partial charge in [0.2, 0.25) is 0 Å². The highest BCUT2D eigenvalue weighted by molar-refractivity contribution is 9.10. The van der Waals surface area contributed by atoms with Crippen molar-refractivity contribution in [3.63, 3.8) is 0 Å². The molecule has 0 atom stereocenters. The van der Waals surface area contributed by atoms with Crippen molar-refractivity contribution in [3.05, 3.63) is 75.0 Å². The summed E-state index contributed by atoms with van der Waals surface area (Å²) in [5.74, 6) is 1.59. The van der Waals surface area contributed by atoms with Crippen LogP contribution in [0.25, 0.3) is 22.8 Å². The summed E-state index contributed by atoms with van der Waals surface area (Å²) in [6, 6.07) is 20.0. The molecule has 2 aromatic heterocycles. The second-order valence-corrected chi connectivity index (χ2v) is 8.03. The van der Waals surface area contributed by atoms with Gasteiger partial charge in [-0.15, -0.1) is 11.3 Å². The normalized spacial score (nSPS) is 10.8. The molecular formula is C19H12Br2N2OS. The Labute approximate surface area is 166 Å². The van der Waals surface area contributed by atoms with Crippen LogP contribution in [0, 0.1) is 0 Å². The van der Waals surface area contributed by atoms with E-state index >= 15 is 0 Å². The fraction of sp³-hybridized carbons (Fsp3) is 0. The molecule has 0 radical (unpaired) electrons. The van der Waals surface area contributed by atoms with Crippen LogP contribution in [0.15, 0.2) is 79.4 Å². The molecule has 6 heteroatoms. The van der Waals surface area contributed by atoms with Crippen LogP contribution < -0.4 is 5.32 Å². The van der Waals surface area contributed by atoms with Gasteiger partial charge in [0.25, 0.3) is 0 Å². The van der Waals surface area contributed by atoms with Gasteiger partial charge >= 0.3 is 0 Å². The van der Waals surface area contributed by atoms with Crippen molar-refractivity contribution in [3.8, 4) is 22.8 Å². The van der Waals surface area contributed by atoms with Crippen molar-refractivity contribution in [1.29, 1.82) is 0 Å². The molecule has 0 bridgehead atoms. The highest BCUT2D eigenvalue weighted by Crippen LogP contribution is 2.32. The van der Waals surface area contributed by atoms with Crippen molar-refractivity contribution < 1.29 is 4.42 Å². The Morgan fingerprint density at radius 2 is 1.44 bits per heavy atom. The minimum atomic E-state index is 0.762. The van der Waals surface area contributed by atoms with Gasteiger partial charge in [0, 0.05) is 25.6 Å². The number of nitrogens with zero attached hydrogens (tertiary/aromatic N) is 1. The van der Waals surface area contributed by atoms with Crippen LogP contribution in [0.5, 0.6) is 0 Å². The van der Waals surface area contributed by atoms with Gasteiger partial charge in [0.05, 0.1) is 0 Å². The molecule has 0 fully saturated rings. The van der Waals surface area contributed by atoms with E-state index in [9.17, 15) is 0 Å².